The fourth-order valence-electron chi connectivity index (χ4n) is 2.98. The van der Waals surface area contributed by atoms with Gasteiger partial charge < -0.3 is 15.5 Å². The van der Waals surface area contributed by atoms with Crippen LogP contribution in [0.15, 0.2) is 10.2 Å². The highest BCUT2D eigenvalue weighted by molar-refractivity contribution is 8.00. The molecule has 0 aromatic heterocycles. The van der Waals surface area contributed by atoms with Crippen molar-refractivity contribution in [2.45, 2.75) is 36.6 Å². The van der Waals surface area contributed by atoms with Crippen molar-refractivity contribution in [1.29, 1.82) is 0 Å². The summed E-state index contributed by atoms with van der Waals surface area (Å²) in [4.78, 5) is 31.2. The molecule has 136 valence electrons. The Labute approximate surface area is 149 Å². The van der Waals surface area contributed by atoms with Crippen LogP contribution >= 0.6 is 11.8 Å². The highest BCUT2D eigenvalue weighted by Crippen LogP contribution is 2.32. The number of nitrogens with one attached hydrogen (secondary N) is 2. The van der Waals surface area contributed by atoms with Gasteiger partial charge in [0.25, 0.3) is 0 Å². The van der Waals surface area contributed by atoms with Gasteiger partial charge in [0.05, 0.1) is 12.1 Å². The molecule has 2 N–H and O–H groups in total. The molecule has 0 radical (unpaired) electrons. The minimum atomic E-state index is -0.173. The summed E-state index contributed by atoms with van der Waals surface area (Å²) in [6, 6.07) is -0.110. The summed E-state index contributed by atoms with van der Waals surface area (Å²) >= 11 is 1.69. The minimum absolute atomic E-state index is 0.00109. The third-order valence-electron chi connectivity index (χ3n) is 4.17. The van der Waals surface area contributed by atoms with Gasteiger partial charge in [-0.25, -0.2) is 4.79 Å². The fraction of sp³-hybridized carbons (Fsp3) is 0.846. The van der Waals surface area contributed by atoms with Crippen molar-refractivity contribution in [2.75, 3.05) is 31.9 Å². The Bertz CT molecular complexity index is 564. The van der Waals surface area contributed by atoms with Gasteiger partial charge in [-0.1, -0.05) is 10.2 Å². The van der Waals surface area contributed by atoms with Gasteiger partial charge in [-0.2, -0.15) is 11.8 Å². The normalized spacial score (nSPS) is 23.7. The minimum Gasteiger partial charge on any atom is -0.343 e. The molecule has 11 nitrogen and oxygen atoms in total. The third-order valence-corrected chi connectivity index (χ3v) is 5.61. The largest absolute Gasteiger partial charge is 0.343 e. The molecule has 2 heterocycles. The lowest BCUT2D eigenvalue weighted by Gasteiger charge is -2.25. The molecule has 2 fully saturated rings. The average molecular weight is 367 g/mol. The number of rotatable bonds is 10. The molecule has 25 heavy (non-hydrogen) atoms. The van der Waals surface area contributed by atoms with Gasteiger partial charge in [0.15, 0.2) is 0 Å². The molecule has 2 rings (SSSR count). The van der Waals surface area contributed by atoms with Crippen LogP contribution in [0.25, 0.3) is 20.9 Å². The van der Waals surface area contributed by atoms with Gasteiger partial charge in [-0.3, -0.25) is 4.79 Å². The molecular formula is C13H21N9O2S. The van der Waals surface area contributed by atoms with Crippen molar-refractivity contribution in [1.82, 2.24) is 15.5 Å². The van der Waals surface area contributed by atoms with Crippen LogP contribution in [0.1, 0.15) is 19.3 Å². The molecule has 0 aromatic carbocycles. The van der Waals surface area contributed by atoms with E-state index >= 15 is 0 Å². The van der Waals surface area contributed by atoms with E-state index in [1.54, 1.807) is 16.7 Å². The lowest BCUT2D eigenvalue weighted by molar-refractivity contribution is -0.131. The predicted molar refractivity (Wildman–Crippen MR) is 93.9 cm³/mol. The molecular weight excluding hydrogens is 346 g/mol. The van der Waals surface area contributed by atoms with Crippen LogP contribution in [-0.2, 0) is 4.79 Å². The first kappa shape index (κ1) is 19.0. The van der Waals surface area contributed by atoms with Gasteiger partial charge in [-0.05, 0) is 23.9 Å². The highest BCUT2D eigenvalue weighted by atomic mass is 32.2. The van der Waals surface area contributed by atoms with Crippen LogP contribution in [0.5, 0.6) is 0 Å². The van der Waals surface area contributed by atoms with Gasteiger partial charge in [-0.15, -0.1) is 0 Å². The second-order valence-electron chi connectivity index (χ2n) is 5.82. The summed E-state index contributed by atoms with van der Waals surface area (Å²) in [5.41, 5.74) is 16.7. The topological polar surface area (TPSA) is 159 Å². The molecule has 12 heteroatoms. The number of nitrogens with zero attached hydrogens (tertiary/aromatic N) is 7. The van der Waals surface area contributed by atoms with E-state index in [1.807, 2.05) is 0 Å². The van der Waals surface area contributed by atoms with E-state index in [4.69, 9.17) is 11.1 Å². The molecule has 2 aliphatic rings. The van der Waals surface area contributed by atoms with Crippen molar-refractivity contribution in [2.24, 2.45) is 10.2 Å². The van der Waals surface area contributed by atoms with E-state index in [9.17, 15) is 9.59 Å². The number of hydrogen-bond acceptors (Lipinski definition) is 5. The Morgan fingerprint density at radius 2 is 1.84 bits per heavy atom. The number of hydrogen-bond donors (Lipinski definition) is 2. The van der Waals surface area contributed by atoms with E-state index in [-0.39, 0.29) is 29.3 Å². The molecule has 0 aliphatic carbocycles. The van der Waals surface area contributed by atoms with Crippen molar-refractivity contribution in [3.8, 4) is 0 Å². The van der Waals surface area contributed by atoms with Crippen LogP contribution in [-0.4, -0.2) is 66.1 Å². The monoisotopic (exact) mass is 367 g/mol. The summed E-state index contributed by atoms with van der Waals surface area (Å²) in [6.45, 7) is 1.65. The van der Waals surface area contributed by atoms with E-state index in [2.05, 4.69) is 30.7 Å². The molecule has 0 spiro atoms. The Morgan fingerprint density at radius 1 is 1.20 bits per heavy atom. The molecule has 3 atom stereocenters. The Morgan fingerprint density at radius 3 is 2.44 bits per heavy atom. The van der Waals surface area contributed by atoms with Gasteiger partial charge in [0.2, 0.25) is 5.91 Å². The predicted octanol–water partition coefficient (Wildman–Crippen LogP) is 1.77. The van der Waals surface area contributed by atoms with Crippen molar-refractivity contribution in [3.05, 3.63) is 20.9 Å². The molecule has 0 bridgehead atoms. The third kappa shape index (κ3) is 5.63. The SMILES string of the molecule is [N-]=[N+]=NCCCN(CCCN=[N+]=[N-])C(=O)C[C@@H]1SC[C@@H]2NC(=O)N[C@@H]21. The second kappa shape index (κ2) is 9.87. The maximum absolute atomic E-state index is 12.7. The molecule has 2 saturated heterocycles. The standard InChI is InChI=1S/C13H21N9O2S/c14-20-16-3-1-5-22(6-2-4-17-21-15)11(23)7-10-12-9(8-25-10)18-13(24)19-12/h9-10,12H,1-8H2,(H2,18,19,24)/t9-,10-,12-/m0/s1. The number of carbonyl (C=O) groups is 2. The number of fused-ring (bicyclic) bond motifs is 1. The Hall–Kier alpha value is -2.29. The van der Waals surface area contributed by atoms with Crippen LogP contribution in [0, 0.1) is 0 Å². The zero-order valence-electron chi connectivity index (χ0n) is 13.7. The summed E-state index contributed by atoms with van der Waals surface area (Å²) in [6.07, 6.45) is 1.51. The van der Waals surface area contributed by atoms with E-state index < -0.39 is 0 Å². The molecule has 0 unspecified atom stereocenters. The van der Waals surface area contributed by atoms with E-state index in [1.165, 1.54) is 0 Å². The van der Waals surface area contributed by atoms with Crippen molar-refractivity contribution >= 4 is 23.7 Å². The average Bonchev–Trinajstić information content (AvgIpc) is 3.13. The van der Waals surface area contributed by atoms with Crippen LogP contribution in [0.4, 0.5) is 4.79 Å². The molecule has 0 aromatic rings. The van der Waals surface area contributed by atoms with E-state index in [0.717, 1.165) is 5.75 Å². The van der Waals surface area contributed by atoms with Crippen molar-refractivity contribution in [3.63, 3.8) is 0 Å². The van der Waals surface area contributed by atoms with Crippen molar-refractivity contribution < 1.29 is 9.59 Å². The lowest BCUT2D eigenvalue weighted by atomic mass is 10.1. The quantitative estimate of drug-likeness (QED) is 0.198. The smallest absolute Gasteiger partial charge is 0.315 e. The summed E-state index contributed by atoms with van der Waals surface area (Å²) in [5, 5.41) is 12.8. The first-order valence-corrected chi connectivity index (χ1v) is 9.18. The zero-order valence-corrected chi connectivity index (χ0v) is 14.6. The number of urea groups is 1. The zero-order chi connectivity index (χ0) is 18.1. The molecule has 2 aliphatic heterocycles. The summed E-state index contributed by atoms with van der Waals surface area (Å²) in [5.74, 6) is 0.802. The molecule has 3 amide bonds. The first-order valence-electron chi connectivity index (χ1n) is 8.14. The Balaban J connectivity index is 1.87. The van der Waals surface area contributed by atoms with E-state index in [0.29, 0.717) is 45.4 Å². The number of azide groups is 2. The van der Waals surface area contributed by atoms with Crippen LogP contribution in [0.2, 0.25) is 0 Å². The van der Waals surface area contributed by atoms with Gasteiger partial charge in [0, 0.05) is 53.4 Å². The second-order valence-corrected chi connectivity index (χ2v) is 7.09. The van der Waals surface area contributed by atoms with Gasteiger partial charge in [0.1, 0.15) is 0 Å². The molecule has 0 saturated carbocycles. The van der Waals surface area contributed by atoms with Crippen LogP contribution in [0.3, 0.4) is 0 Å². The summed E-state index contributed by atoms with van der Waals surface area (Å²) < 4.78 is 0. The van der Waals surface area contributed by atoms with Crippen LogP contribution < -0.4 is 10.6 Å². The highest BCUT2D eigenvalue weighted by Gasteiger charge is 2.44. The number of carbonyl (C=O) groups excluding carboxylic acids is 2. The van der Waals surface area contributed by atoms with Gasteiger partial charge >= 0.3 is 6.03 Å². The maximum atomic E-state index is 12.7. The lowest BCUT2D eigenvalue weighted by Crippen LogP contribution is -2.41. The maximum Gasteiger partial charge on any atom is 0.315 e. The first-order chi connectivity index (χ1) is 12.2. The summed E-state index contributed by atoms with van der Waals surface area (Å²) in [7, 11) is 0. The number of amides is 3. The number of thioether (sulfide) groups is 1. The Kier molecular flexibility index (Phi) is 7.52. The fourth-order valence-corrected chi connectivity index (χ4v) is 4.45.